The third-order valence-electron chi connectivity index (χ3n) is 2.69. The number of amides is 1. The average Bonchev–Trinajstić information content (AvgIpc) is 2.23. The van der Waals surface area contributed by atoms with E-state index in [-0.39, 0.29) is 18.9 Å². The van der Waals surface area contributed by atoms with E-state index in [1.807, 2.05) is 26.0 Å². The first kappa shape index (κ1) is 13.5. The highest BCUT2D eigenvalue weighted by Gasteiger charge is 2.09. The number of aliphatic hydroxyl groups is 1. The molecule has 4 nitrogen and oxygen atoms in total. The van der Waals surface area contributed by atoms with E-state index in [9.17, 15) is 4.79 Å². The van der Waals surface area contributed by atoms with Crippen LogP contribution in [0.5, 0.6) is 5.75 Å². The van der Waals surface area contributed by atoms with E-state index in [0.29, 0.717) is 0 Å². The maximum atomic E-state index is 10.9. The van der Waals surface area contributed by atoms with E-state index in [4.69, 9.17) is 15.6 Å². The number of aliphatic hydroxyl groups excluding tert-OH is 1. The fourth-order valence-electron chi connectivity index (χ4n) is 1.60. The summed E-state index contributed by atoms with van der Waals surface area (Å²) in [5.41, 5.74) is 8.08. The fourth-order valence-corrected chi connectivity index (χ4v) is 1.60. The number of nitrogens with two attached hydrogens (primary N) is 1. The predicted octanol–water partition coefficient (Wildman–Crippen LogP) is 1.09. The first-order valence-electron chi connectivity index (χ1n) is 5.60. The zero-order valence-electron chi connectivity index (χ0n) is 10.5. The molecule has 0 aromatic heterocycles. The number of carbonyl (C=O) groups is 1. The molecule has 3 N–H and O–H groups in total. The number of rotatable bonds is 5. The third kappa shape index (κ3) is 3.75. The minimum absolute atomic E-state index is 0.239. The van der Waals surface area contributed by atoms with Crippen molar-refractivity contribution < 1.29 is 14.6 Å². The number of ether oxygens (including phenoxy) is 1. The Morgan fingerprint density at radius 1 is 1.41 bits per heavy atom. The van der Waals surface area contributed by atoms with Crippen LogP contribution in [0.15, 0.2) is 12.1 Å². The molecule has 1 rings (SSSR count). The lowest BCUT2D eigenvalue weighted by Gasteiger charge is -2.14. The van der Waals surface area contributed by atoms with Gasteiger partial charge in [0.2, 0.25) is 5.91 Å². The number of carbonyl (C=O) groups excluding carboxylic acids is 1. The highest BCUT2D eigenvalue weighted by Crippen LogP contribution is 2.24. The van der Waals surface area contributed by atoms with Gasteiger partial charge in [0.15, 0.2) is 0 Å². The molecule has 0 unspecified atom stereocenters. The molecule has 94 valence electrons. The maximum Gasteiger partial charge on any atom is 0.221 e. The van der Waals surface area contributed by atoms with Gasteiger partial charge < -0.3 is 15.6 Å². The topological polar surface area (TPSA) is 72.6 Å². The van der Waals surface area contributed by atoms with Crippen molar-refractivity contribution in [2.45, 2.75) is 33.3 Å². The van der Waals surface area contributed by atoms with Crippen LogP contribution in [-0.4, -0.2) is 23.7 Å². The first-order valence-corrected chi connectivity index (χ1v) is 5.60. The summed E-state index contributed by atoms with van der Waals surface area (Å²) in [7, 11) is 0. The van der Waals surface area contributed by atoms with E-state index in [0.717, 1.165) is 22.4 Å². The summed E-state index contributed by atoms with van der Waals surface area (Å²) in [5, 5.41) is 9.16. The van der Waals surface area contributed by atoms with Crippen LogP contribution in [0.3, 0.4) is 0 Å². The van der Waals surface area contributed by atoms with Crippen molar-refractivity contribution in [3.63, 3.8) is 0 Å². The summed E-state index contributed by atoms with van der Waals surface area (Å²) >= 11 is 0. The van der Waals surface area contributed by atoms with Gasteiger partial charge in [-0.3, -0.25) is 4.79 Å². The average molecular weight is 237 g/mol. The van der Waals surface area contributed by atoms with Crippen molar-refractivity contribution in [3.8, 4) is 5.75 Å². The van der Waals surface area contributed by atoms with Crippen molar-refractivity contribution >= 4 is 5.91 Å². The van der Waals surface area contributed by atoms with Crippen LogP contribution in [0.4, 0.5) is 0 Å². The molecule has 0 saturated heterocycles. The van der Waals surface area contributed by atoms with Gasteiger partial charge >= 0.3 is 0 Å². The summed E-state index contributed by atoms with van der Waals surface area (Å²) in [6, 6.07) is 3.65. The highest BCUT2D eigenvalue weighted by molar-refractivity contribution is 5.77. The smallest absolute Gasteiger partial charge is 0.221 e. The molecule has 0 aliphatic rings. The summed E-state index contributed by atoms with van der Waals surface area (Å²) in [4.78, 5) is 10.9. The molecule has 4 heteroatoms. The summed E-state index contributed by atoms with van der Waals surface area (Å²) < 4.78 is 5.47. The Kier molecular flexibility index (Phi) is 4.52. The Hall–Kier alpha value is -1.55. The SMILES string of the molecule is Cc1c(CC(N)=O)ccc(OC[C@@H](C)O)c1C. The van der Waals surface area contributed by atoms with Crippen LogP contribution in [0.25, 0.3) is 0 Å². The molecule has 0 radical (unpaired) electrons. The molecule has 1 amide bonds. The van der Waals surface area contributed by atoms with Crippen LogP contribution in [0, 0.1) is 13.8 Å². The zero-order valence-corrected chi connectivity index (χ0v) is 10.5. The predicted molar refractivity (Wildman–Crippen MR) is 66.0 cm³/mol. The van der Waals surface area contributed by atoms with Crippen LogP contribution in [-0.2, 0) is 11.2 Å². The standard InChI is InChI=1S/C13H19NO3/c1-8(15)7-17-12-5-4-11(6-13(14)16)9(2)10(12)3/h4-5,8,15H,6-7H2,1-3H3,(H2,14,16)/t8-/m1/s1. The van der Waals surface area contributed by atoms with Crippen LogP contribution in [0.2, 0.25) is 0 Å². The molecule has 0 fully saturated rings. The quantitative estimate of drug-likeness (QED) is 0.805. The fraction of sp³-hybridized carbons (Fsp3) is 0.462. The molecular formula is C13H19NO3. The highest BCUT2D eigenvalue weighted by atomic mass is 16.5. The monoisotopic (exact) mass is 237 g/mol. The molecule has 1 aromatic rings. The van der Waals surface area contributed by atoms with Crippen molar-refractivity contribution in [2.24, 2.45) is 5.73 Å². The van der Waals surface area contributed by atoms with E-state index < -0.39 is 6.10 Å². The van der Waals surface area contributed by atoms with Crippen LogP contribution in [0.1, 0.15) is 23.6 Å². The lowest BCUT2D eigenvalue weighted by molar-refractivity contribution is -0.117. The molecule has 0 bridgehead atoms. The van der Waals surface area contributed by atoms with Gasteiger partial charge in [0.1, 0.15) is 12.4 Å². The van der Waals surface area contributed by atoms with E-state index in [2.05, 4.69) is 0 Å². The molecule has 1 aromatic carbocycles. The molecule has 0 heterocycles. The number of hydrogen-bond acceptors (Lipinski definition) is 3. The van der Waals surface area contributed by atoms with Gasteiger partial charge in [0, 0.05) is 0 Å². The van der Waals surface area contributed by atoms with Crippen LogP contribution >= 0.6 is 0 Å². The number of primary amides is 1. The first-order chi connectivity index (χ1) is 7.91. The van der Waals surface area contributed by atoms with Gasteiger partial charge in [-0.15, -0.1) is 0 Å². The molecule has 0 saturated carbocycles. The van der Waals surface area contributed by atoms with Gasteiger partial charge in [-0.2, -0.15) is 0 Å². The van der Waals surface area contributed by atoms with Crippen molar-refractivity contribution in [2.75, 3.05) is 6.61 Å². The van der Waals surface area contributed by atoms with E-state index >= 15 is 0 Å². The Morgan fingerprint density at radius 3 is 2.59 bits per heavy atom. The normalized spacial score (nSPS) is 12.2. The molecule has 0 spiro atoms. The minimum atomic E-state index is -0.500. The minimum Gasteiger partial charge on any atom is -0.491 e. The molecule has 0 aliphatic heterocycles. The number of benzene rings is 1. The van der Waals surface area contributed by atoms with Gasteiger partial charge in [0.05, 0.1) is 12.5 Å². The van der Waals surface area contributed by atoms with Gasteiger partial charge in [-0.25, -0.2) is 0 Å². The summed E-state index contributed by atoms with van der Waals surface area (Å²) in [5.74, 6) is 0.391. The van der Waals surface area contributed by atoms with Gasteiger partial charge in [-0.05, 0) is 43.5 Å². The second-order valence-electron chi connectivity index (χ2n) is 4.28. The maximum absolute atomic E-state index is 10.9. The van der Waals surface area contributed by atoms with Crippen molar-refractivity contribution in [1.82, 2.24) is 0 Å². The Balaban J connectivity index is 2.90. The molecule has 17 heavy (non-hydrogen) atoms. The summed E-state index contributed by atoms with van der Waals surface area (Å²) in [6.07, 6.45) is -0.261. The number of hydrogen-bond donors (Lipinski definition) is 2. The Bertz CT molecular complexity index is 413. The zero-order chi connectivity index (χ0) is 13.0. The Labute approximate surface area is 101 Å². The molecule has 0 aliphatic carbocycles. The summed E-state index contributed by atoms with van der Waals surface area (Å²) in [6.45, 7) is 5.79. The van der Waals surface area contributed by atoms with Gasteiger partial charge in [0.25, 0.3) is 0 Å². The van der Waals surface area contributed by atoms with Crippen LogP contribution < -0.4 is 10.5 Å². The van der Waals surface area contributed by atoms with E-state index in [1.54, 1.807) is 6.92 Å². The molecule has 1 atom stereocenters. The lowest BCUT2D eigenvalue weighted by Crippen LogP contribution is -2.16. The second-order valence-corrected chi connectivity index (χ2v) is 4.28. The third-order valence-corrected chi connectivity index (χ3v) is 2.69. The van der Waals surface area contributed by atoms with Gasteiger partial charge in [-0.1, -0.05) is 6.07 Å². The molecular weight excluding hydrogens is 218 g/mol. The second kappa shape index (κ2) is 5.68. The lowest BCUT2D eigenvalue weighted by atomic mass is 10.00. The largest absolute Gasteiger partial charge is 0.491 e. The Morgan fingerprint density at radius 2 is 2.06 bits per heavy atom. The van der Waals surface area contributed by atoms with E-state index in [1.165, 1.54) is 0 Å². The van der Waals surface area contributed by atoms with Crippen molar-refractivity contribution in [1.29, 1.82) is 0 Å². The van der Waals surface area contributed by atoms with Crippen molar-refractivity contribution in [3.05, 3.63) is 28.8 Å².